The SMILES string of the molecule is c1ccc(-c2cnc(N3CCCC4CCCCC43)nc2)cc1. The number of hydrogen-bond donors (Lipinski definition) is 0. The van der Waals surface area contributed by atoms with E-state index in [1.807, 2.05) is 18.5 Å². The van der Waals surface area contributed by atoms with Crippen molar-refractivity contribution in [1.82, 2.24) is 9.97 Å². The minimum atomic E-state index is 0.671. The minimum absolute atomic E-state index is 0.671. The lowest BCUT2D eigenvalue weighted by Crippen LogP contribution is -2.47. The van der Waals surface area contributed by atoms with E-state index in [2.05, 4.69) is 39.1 Å². The average Bonchev–Trinajstić information content (AvgIpc) is 2.62. The van der Waals surface area contributed by atoms with E-state index in [9.17, 15) is 0 Å². The van der Waals surface area contributed by atoms with Crippen molar-refractivity contribution >= 4 is 5.95 Å². The zero-order valence-corrected chi connectivity index (χ0v) is 13.0. The van der Waals surface area contributed by atoms with E-state index in [1.54, 1.807) is 0 Å². The van der Waals surface area contributed by atoms with Crippen LogP contribution in [0.3, 0.4) is 0 Å². The molecule has 2 heterocycles. The predicted octanol–water partition coefficient (Wildman–Crippen LogP) is 4.30. The van der Waals surface area contributed by atoms with Crippen LogP contribution in [-0.2, 0) is 0 Å². The maximum atomic E-state index is 4.68. The van der Waals surface area contributed by atoms with Crippen molar-refractivity contribution in [3.8, 4) is 11.1 Å². The first kappa shape index (κ1) is 13.7. The van der Waals surface area contributed by atoms with Crippen molar-refractivity contribution in [2.45, 2.75) is 44.6 Å². The third kappa shape index (κ3) is 2.60. The van der Waals surface area contributed by atoms with Gasteiger partial charge in [-0.1, -0.05) is 43.2 Å². The third-order valence-electron chi connectivity index (χ3n) is 5.25. The first-order valence-corrected chi connectivity index (χ1v) is 8.56. The molecular formula is C19H23N3. The van der Waals surface area contributed by atoms with Crippen molar-refractivity contribution in [2.75, 3.05) is 11.4 Å². The zero-order chi connectivity index (χ0) is 14.8. The molecule has 2 fully saturated rings. The second-order valence-corrected chi connectivity index (χ2v) is 6.59. The topological polar surface area (TPSA) is 29.0 Å². The quantitative estimate of drug-likeness (QED) is 0.826. The number of nitrogens with zero attached hydrogens (tertiary/aromatic N) is 3. The molecule has 1 aromatic heterocycles. The largest absolute Gasteiger partial charge is 0.338 e. The Kier molecular flexibility index (Phi) is 3.79. The fourth-order valence-electron chi connectivity index (χ4n) is 4.12. The Hall–Kier alpha value is -1.90. The monoisotopic (exact) mass is 293 g/mol. The highest BCUT2D eigenvalue weighted by molar-refractivity contribution is 5.61. The first-order chi connectivity index (χ1) is 10.9. The molecule has 0 radical (unpaired) electrons. The number of aromatic nitrogens is 2. The number of anilines is 1. The van der Waals surface area contributed by atoms with Crippen LogP contribution in [0.4, 0.5) is 5.95 Å². The van der Waals surface area contributed by atoms with Crippen LogP contribution in [-0.4, -0.2) is 22.6 Å². The maximum absolute atomic E-state index is 4.68. The van der Waals surface area contributed by atoms with Gasteiger partial charge in [0.25, 0.3) is 0 Å². The number of fused-ring (bicyclic) bond motifs is 1. The Labute approximate surface area is 132 Å². The zero-order valence-electron chi connectivity index (χ0n) is 13.0. The molecule has 1 aromatic carbocycles. The number of rotatable bonds is 2. The fraction of sp³-hybridized carbons (Fsp3) is 0.474. The summed E-state index contributed by atoms with van der Waals surface area (Å²) >= 11 is 0. The molecule has 1 saturated heterocycles. The Bertz CT molecular complexity index is 606. The molecule has 4 rings (SSSR count). The third-order valence-corrected chi connectivity index (χ3v) is 5.25. The number of piperidine rings is 1. The van der Waals surface area contributed by atoms with Gasteiger partial charge in [-0.3, -0.25) is 0 Å². The van der Waals surface area contributed by atoms with Gasteiger partial charge in [-0.05, 0) is 37.2 Å². The van der Waals surface area contributed by atoms with Crippen LogP contribution in [0.15, 0.2) is 42.7 Å². The normalized spacial score (nSPS) is 24.8. The van der Waals surface area contributed by atoms with Crippen LogP contribution in [0.25, 0.3) is 11.1 Å². The van der Waals surface area contributed by atoms with E-state index < -0.39 is 0 Å². The van der Waals surface area contributed by atoms with Crippen molar-refractivity contribution in [3.63, 3.8) is 0 Å². The lowest BCUT2D eigenvalue weighted by atomic mass is 9.78. The number of benzene rings is 1. The smallest absolute Gasteiger partial charge is 0.225 e. The Morgan fingerprint density at radius 2 is 1.55 bits per heavy atom. The molecule has 2 aliphatic rings. The molecule has 1 aliphatic heterocycles. The van der Waals surface area contributed by atoms with Gasteiger partial charge < -0.3 is 4.90 Å². The lowest BCUT2D eigenvalue weighted by Gasteiger charge is -2.44. The molecule has 0 spiro atoms. The second-order valence-electron chi connectivity index (χ2n) is 6.59. The summed E-state index contributed by atoms with van der Waals surface area (Å²) in [5, 5.41) is 0. The summed E-state index contributed by atoms with van der Waals surface area (Å²) in [6.45, 7) is 1.12. The molecule has 0 N–H and O–H groups in total. The lowest BCUT2D eigenvalue weighted by molar-refractivity contribution is 0.241. The maximum Gasteiger partial charge on any atom is 0.225 e. The van der Waals surface area contributed by atoms with Crippen LogP contribution in [0.1, 0.15) is 38.5 Å². The van der Waals surface area contributed by atoms with Crippen LogP contribution in [0, 0.1) is 5.92 Å². The summed E-state index contributed by atoms with van der Waals surface area (Å²) in [6.07, 6.45) is 12.1. The van der Waals surface area contributed by atoms with E-state index in [4.69, 9.17) is 0 Å². The van der Waals surface area contributed by atoms with Crippen LogP contribution in [0.2, 0.25) is 0 Å². The van der Waals surface area contributed by atoms with E-state index in [0.717, 1.165) is 24.0 Å². The highest BCUT2D eigenvalue weighted by Crippen LogP contribution is 2.36. The van der Waals surface area contributed by atoms with Gasteiger partial charge in [0.1, 0.15) is 0 Å². The Morgan fingerprint density at radius 1 is 0.818 bits per heavy atom. The van der Waals surface area contributed by atoms with E-state index >= 15 is 0 Å². The van der Waals surface area contributed by atoms with Gasteiger partial charge in [0.2, 0.25) is 5.95 Å². The predicted molar refractivity (Wildman–Crippen MR) is 89.8 cm³/mol. The van der Waals surface area contributed by atoms with E-state index in [-0.39, 0.29) is 0 Å². The standard InChI is InChI=1S/C19H23N3/c1-2-7-15(8-3-1)17-13-20-19(21-14-17)22-12-6-10-16-9-4-5-11-18(16)22/h1-3,7-8,13-14,16,18H,4-6,9-12H2. The molecule has 2 aromatic rings. The van der Waals surface area contributed by atoms with E-state index in [1.165, 1.54) is 44.1 Å². The van der Waals surface area contributed by atoms with Crippen molar-refractivity contribution in [2.24, 2.45) is 5.92 Å². The summed E-state index contributed by atoms with van der Waals surface area (Å²) in [6, 6.07) is 11.0. The van der Waals surface area contributed by atoms with Gasteiger partial charge >= 0.3 is 0 Å². The van der Waals surface area contributed by atoms with Gasteiger partial charge in [0.05, 0.1) is 0 Å². The minimum Gasteiger partial charge on any atom is -0.338 e. The molecule has 1 saturated carbocycles. The molecule has 2 atom stereocenters. The highest BCUT2D eigenvalue weighted by atomic mass is 15.3. The van der Waals surface area contributed by atoms with Crippen molar-refractivity contribution in [3.05, 3.63) is 42.7 Å². The molecule has 3 heteroatoms. The fourth-order valence-corrected chi connectivity index (χ4v) is 4.12. The van der Waals surface area contributed by atoms with E-state index in [0.29, 0.717) is 6.04 Å². The second kappa shape index (κ2) is 6.07. The summed E-state index contributed by atoms with van der Waals surface area (Å²) in [4.78, 5) is 11.8. The summed E-state index contributed by atoms with van der Waals surface area (Å²) in [5.41, 5.74) is 2.28. The van der Waals surface area contributed by atoms with Gasteiger partial charge in [-0.15, -0.1) is 0 Å². The molecule has 2 unspecified atom stereocenters. The molecule has 0 amide bonds. The Morgan fingerprint density at radius 3 is 2.36 bits per heavy atom. The van der Waals surface area contributed by atoms with Crippen LogP contribution < -0.4 is 4.90 Å². The summed E-state index contributed by atoms with van der Waals surface area (Å²) in [7, 11) is 0. The van der Waals surface area contributed by atoms with Gasteiger partial charge in [-0.2, -0.15) is 0 Å². The van der Waals surface area contributed by atoms with Gasteiger partial charge in [0.15, 0.2) is 0 Å². The average molecular weight is 293 g/mol. The Balaban J connectivity index is 1.57. The van der Waals surface area contributed by atoms with Crippen LogP contribution >= 0.6 is 0 Å². The molecule has 0 bridgehead atoms. The summed E-state index contributed by atoms with van der Waals surface area (Å²) < 4.78 is 0. The first-order valence-electron chi connectivity index (χ1n) is 8.56. The van der Waals surface area contributed by atoms with Gasteiger partial charge in [-0.25, -0.2) is 9.97 Å². The van der Waals surface area contributed by atoms with Gasteiger partial charge in [0, 0.05) is 30.5 Å². The molecule has 114 valence electrons. The summed E-state index contributed by atoms with van der Waals surface area (Å²) in [5.74, 6) is 1.79. The molecule has 22 heavy (non-hydrogen) atoms. The molecular weight excluding hydrogens is 270 g/mol. The van der Waals surface area contributed by atoms with Crippen molar-refractivity contribution in [1.29, 1.82) is 0 Å². The number of hydrogen-bond acceptors (Lipinski definition) is 3. The highest BCUT2D eigenvalue weighted by Gasteiger charge is 2.34. The van der Waals surface area contributed by atoms with Crippen molar-refractivity contribution < 1.29 is 0 Å². The van der Waals surface area contributed by atoms with Crippen LogP contribution in [0.5, 0.6) is 0 Å². The molecule has 3 nitrogen and oxygen atoms in total. The molecule has 1 aliphatic carbocycles.